The number of nitrogens with one attached hydrogen (secondary N) is 1. The van der Waals surface area contributed by atoms with Crippen molar-refractivity contribution < 1.29 is 14.7 Å². The van der Waals surface area contributed by atoms with E-state index in [9.17, 15) is 9.59 Å². The molecule has 1 aliphatic carbocycles. The highest BCUT2D eigenvalue weighted by Gasteiger charge is 2.27. The van der Waals surface area contributed by atoms with Crippen LogP contribution in [0.15, 0.2) is 0 Å². The van der Waals surface area contributed by atoms with Gasteiger partial charge >= 0.3 is 5.97 Å². The van der Waals surface area contributed by atoms with E-state index in [4.69, 9.17) is 5.11 Å². The molecule has 1 aliphatic rings. The van der Waals surface area contributed by atoms with Crippen molar-refractivity contribution in [1.29, 1.82) is 0 Å². The summed E-state index contributed by atoms with van der Waals surface area (Å²) in [6.45, 7) is 3.43. The maximum absolute atomic E-state index is 11.5. The Kier molecular flexibility index (Phi) is 4.33. The third-order valence-electron chi connectivity index (χ3n) is 3.31. The van der Waals surface area contributed by atoms with Crippen molar-refractivity contribution in [3.05, 3.63) is 0 Å². The van der Waals surface area contributed by atoms with E-state index in [1.165, 1.54) is 19.3 Å². The maximum Gasteiger partial charge on any atom is 0.310 e. The van der Waals surface area contributed by atoms with Crippen LogP contribution in [-0.4, -0.2) is 23.5 Å². The van der Waals surface area contributed by atoms with Crippen LogP contribution in [-0.2, 0) is 9.59 Å². The van der Waals surface area contributed by atoms with E-state index in [2.05, 4.69) is 5.32 Å². The molecule has 0 aromatic rings. The van der Waals surface area contributed by atoms with Crippen molar-refractivity contribution in [1.82, 2.24) is 5.32 Å². The van der Waals surface area contributed by atoms with E-state index in [0.717, 1.165) is 12.3 Å². The molecular weight excluding hydrogens is 206 g/mol. The van der Waals surface area contributed by atoms with Crippen molar-refractivity contribution in [2.75, 3.05) is 6.54 Å². The van der Waals surface area contributed by atoms with E-state index < -0.39 is 11.4 Å². The molecule has 2 N–H and O–H groups in total. The second-order valence-electron chi connectivity index (χ2n) is 5.30. The number of rotatable bonds is 6. The van der Waals surface area contributed by atoms with E-state index in [-0.39, 0.29) is 12.5 Å². The highest BCUT2D eigenvalue weighted by molar-refractivity contribution is 5.78. The third-order valence-corrected chi connectivity index (χ3v) is 3.31. The number of carbonyl (C=O) groups is 2. The lowest BCUT2D eigenvalue weighted by molar-refractivity contribution is -0.146. The predicted molar refractivity (Wildman–Crippen MR) is 61.0 cm³/mol. The molecule has 0 aromatic heterocycles. The molecule has 0 aromatic carbocycles. The lowest BCUT2D eigenvalue weighted by Crippen LogP contribution is -2.39. The first-order chi connectivity index (χ1) is 7.42. The smallest absolute Gasteiger partial charge is 0.310 e. The summed E-state index contributed by atoms with van der Waals surface area (Å²) in [5, 5.41) is 11.6. The first-order valence-corrected chi connectivity index (χ1v) is 5.92. The van der Waals surface area contributed by atoms with E-state index in [1.807, 2.05) is 0 Å². The molecule has 0 bridgehead atoms. The molecule has 16 heavy (non-hydrogen) atoms. The van der Waals surface area contributed by atoms with Crippen molar-refractivity contribution in [3.8, 4) is 0 Å². The van der Waals surface area contributed by atoms with Gasteiger partial charge < -0.3 is 10.4 Å². The van der Waals surface area contributed by atoms with Crippen molar-refractivity contribution >= 4 is 11.9 Å². The molecule has 1 saturated carbocycles. The van der Waals surface area contributed by atoms with Gasteiger partial charge in [-0.05, 0) is 26.2 Å². The molecule has 0 atom stereocenters. The monoisotopic (exact) mass is 227 g/mol. The molecule has 0 radical (unpaired) electrons. The average molecular weight is 227 g/mol. The zero-order chi connectivity index (χ0) is 12.2. The van der Waals surface area contributed by atoms with Gasteiger partial charge in [-0.25, -0.2) is 0 Å². The van der Waals surface area contributed by atoms with E-state index in [0.29, 0.717) is 6.42 Å². The molecule has 1 rings (SSSR count). The maximum atomic E-state index is 11.5. The summed E-state index contributed by atoms with van der Waals surface area (Å²) >= 11 is 0. The first-order valence-electron chi connectivity index (χ1n) is 5.92. The van der Waals surface area contributed by atoms with Gasteiger partial charge in [0.25, 0.3) is 0 Å². The van der Waals surface area contributed by atoms with Crippen molar-refractivity contribution in [3.63, 3.8) is 0 Å². The van der Waals surface area contributed by atoms with E-state index >= 15 is 0 Å². The second-order valence-corrected chi connectivity index (χ2v) is 5.30. The SMILES string of the molecule is CC(C)(CNC(=O)CCC1CCC1)C(=O)O. The summed E-state index contributed by atoms with van der Waals surface area (Å²) in [5.41, 5.74) is -0.883. The lowest BCUT2D eigenvalue weighted by atomic mass is 9.82. The molecule has 1 amide bonds. The summed E-state index contributed by atoms with van der Waals surface area (Å²) in [7, 11) is 0. The third kappa shape index (κ3) is 3.83. The van der Waals surface area contributed by atoms with Crippen LogP contribution in [0.2, 0.25) is 0 Å². The lowest BCUT2D eigenvalue weighted by Gasteiger charge is -2.25. The molecule has 0 heterocycles. The molecule has 4 nitrogen and oxygen atoms in total. The van der Waals surface area contributed by atoms with Gasteiger partial charge in [-0.15, -0.1) is 0 Å². The number of hydrogen-bond donors (Lipinski definition) is 2. The highest BCUT2D eigenvalue weighted by atomic mass is 16.4. The number of aliphatic carboxylic acids is 1. The van der Waals surface area contributed by atoms with Crippen LogP contribution in [0.25, 0.3) is 0 Å². The average Bonchev–Trinajstić information content (AvgIpc) is 2.12. The number of carboxylic acids is 1. The Balaban J connectivity index is 2.16. The number of hydrogen-bond acceptors (Lipinski definition) is 2. The molecular formula is C12H21NO3. The summed E-state index contributed by atoms with van der Waals surface area (Å²) in [6.07, 6.45) is 5.25. The van der Waals surface area contributed by atoms with Gasteiger partial charge in [0.1, 0.15) is 0 Å². The van der Waals surface area contributed by atoms with Gasteiger partial charge in [0, 0.05) is 13.0 Å². The number of amides is 1. The summed E-state index contributed by atoms with van der Waals surface area (Å²) < 4.78 is 0. The predicted octanol–water partition coefficient (Wildman–Crippen LogP) is 1.79. The summed E-state index contributed by atoms with van der Waals surface area (Å²) in [5.74, 6) is -0.189. The molecule has 4 heteroatoms. The van der Waals surface area contributed by atoms with Gasteiger partial charge in [-0.3, -0.25) is 9.59 Å². The normalized spacial score (nSPS) is 16.6. The Bertz CT molecular complexity index is 269. The fraction of sp³-hybridized carbons (Fsp3) is 0.833. The first kappa shape index (κ1) is 13.0. The Hall–Kier alpha value is -1.06. The van der Waals surface area contributed by atoms with Gasteiger partial charge in [0.05, 0.1) is 5.41 Å². The minimum Gasteiger partial charge on any atom is -0.481 e. The molecule has 0 spiro atoms. The Morgan fingerprint density at radius 2 is 2.00 bits per heavy atom. The van der Waals surface area contributed by atoms with Crippen molar-refractivity contribution in [2.24, 2.45) is 11.3 Å². The largest absolute Gasteiger partial charge is 0.481 e. The van der Waals surface area contributed by atoms with Crippen LogP contribution in [0.4, 0.5) is 0 Å². The second kappa shape index (κ2) is 5.32. The van der Waals surface area contributed by atoms with Gasteiger partial charge in [-0.2, -0.15) is 0 Å². The molecule has 1 fully saturated rings. The quantitative estimate of drug-likeness (QED) is 0.727. The van der Waals surface area contributed by atoms with Crippen LogP contribution < -0.4 is 5.32 Å². The minimum absolute atomic E-state index is 0.0266. The van der Waals surface area contributed by atoms with Gasteiger partial charge in [0.15, 0.2) is 0 Å². The van der Waals surface area contributed by atoms with Crippen LogP contribution >= 0.6 is 0 Å². The topological polar surface area (TPSA) is 66.4 Å². The Morgan fingerprint density at radius 3 is 2.44 bits per heavy atom. The number of carbonyl (C=O) groups excluding carboxylic acids is 1. The fourth-order valence-electron chi connectivity index (χ4n) is 1.60. The van der Waals surface area contributed by atoms with Crippen molar-refractivity contribution in [2.45, 2.75) is 46.0 Å². The molecule has 0 unspecified atom stereocenters. The van der Waals surface area contributed by atoms with E-state index in [1.54, 1.807) is 13.8 Å². The Morgan fingerprint density at radius 1 is 1.38 bits per heavy atom. The minimum atomic E-state index is -0.883. The summed E-state index contributed by atoms with van der Waals surface area (Å²) in [6, 6.07) is 0. The zero-order valence-electron chi connectivity index (χ0n) is 10.1. The fourth-order valence-corrected chi connectivity index (χ4v) is 1.60. The molecule has 92 valence electrons. The van der Waals surface area contributed by atoms with Crippen LogP contribution in [0.3, 0.4) is 0 Å². The Labute approximate surface area is 96.4 Å². The van der Waals surface area contributed by atoms with Crippen LogP contribution in [0, 0.1) is 11.3 Å². The highest BCUT2D eigenvalue weighted by Crippen LogP contribution is 2.30. The molecule has 0 aliphatic heterocycles. The molecule has 0 saturated heterocycles. The van der Waals surface area contributed by atoms with Gasteiger partial charge in [0.2, 0.25) is 5.91 Å². The van der Waals surface area contributed by atoms with Crippen LogP contribution in [0.5, 0.6) is 0 Å². The van der Waals surface area contributed by atoms with Gasteiger partial charge in [-0.1, -0.05) is 19.3 Å². The summed E-state index contributed by atoms with van der Waals surface area (Å²) in [4.78, 5) is 22.3. The van der Waals surface area contributed by atoms with Crippen LogP contribution in [0.1, 0.15) is 46.0 Å². The zero-order valence-corrected chi connectivity index (χ0v) is 10.1. The standard InChI is InChI=1S/C12H21NO3/c1-12(2,11(15)16)8-13-10(14)7-6-9-4-3-5-9/h9H,3-8H2,1-2H3,(H,13,14)(H,15,16). The number of carboxylic acid groups (broad SMARTS) is 1.